The van der Waals surface area contributed by atoms with Crippen molar-refractivity contribution in [2.24, 2.45) is 0 Å². The number of aryl methyl sites for hydroxylation is 1. The van der Waals surface area contributed by atoms with Gasteiger partial charge in [-0.3, -0.25) is 14.6 Å². The first-order valence-corrected chi connectivity index (χ1v) is 16.6. The van der Waals surface area contributed by atoms with Crippen LogP contribution in [0, 0.1) is 6.92 Å². The van der Waals surface area contributed by atoms with Gasteiger partial charge in [-0.15, -0.1) is 0 Å². The van der Waals surface area contributed by atoms with Crippen LogP contribution in [0.25, 0.3) is 10.9 Å². The number of ether oxygens (including phenoxy) is 1. The Morgan fingerprint density at radius 1 is 1.05 bits per heavy atom. The number of carbonyl (C=O) groups is 2. The molecular weight excluding hydrogens is 510 g/mol. The molecule has 11 heteroatoms. The van der Waals surface area contributed by atoms with Crippen LogP contribution in [0.4, 0.5) is 11.5 Å². The summed E-state index contributed by atoms with van der Waals surface area (Å²) in [6.45, 7) is 9.97. The minimum Gasteiger partial charge on any atom is -0.383 e. The maximum atomic E-state index is 13.5. The number of aromatic nitrogens is 4. The summed E-state index contributed by atoms with van der Waals surface area (Å²) < 4.78 is 7.49. The molecule has 0 saturated heterocycles. The largest absolute Gasteiger partial charge is 0.383 e. The molecule has 3 N–H and O–H groups in total. The summed E-state index contributed by atoms with van der Waals surface area (Å²) in [4.78, 5) is 36.9. The Balaban J connectivity index is 1.55. The molecule has 0 fully saturated rings. The second-order valence-corrected chi connectivity index (χ2v) is 16.3. The predicted octanol–water partition coefficient (Wildman–Crippen LogP) is 4.20. The maximum absolute atomic E-state index is 13.5. The number of carbonyl (C=O) groups excluding carboxylic acids is 2. The number of anilines is 2. The van der Waals surface area contributed by atoms with Crippen LogP contribution in [0.1, 0.15) is 17.0 Å². The Morgan fingerprint density at radius 3 is 2.54 bits per heavy atom. The van der Waals surface area contributed by atoms with Crippen molar-refractivity contribution in [1.29, 1.82) is 0 Å². The van der Waals surface area contributed by atoms with Gasteiger partial charge in [0.1, 0.15) is 12.5 Å². The van der Waals surface area contributed by atoms with Gasteiger partial charge in [-0.25, -0.2) is 9.67 Å². The van der Waals surface area contributed by atoms with Crippen LogP contribution in [0.2, 0.25) is 25.7 Å². The van der Waals surface area contributed by atoms with E-state index >= 15 is 0 Å². The Hall–Kier alpha value is -4.09. The number of nitrogen functional groups attached to an aromatic ring is 1. The Labute approximate surface area is 229 Å². The Bertz CT molecular complexity index is 1450. The second-order valence-electron chi connectivity index (χ2n) is 10.7. The van der Waals surface area contributed by atoms with Crippen molar-refractivity contribution in [3.63, 3.8) is 0 Å². The molecule has 0 atom stereocenters. The van der Waals surface area contributed by atoms with Gasteiger partial charge in [0.05, 0.1) is 41.2 Å². The minimum atomic E-state index is -1.25. The third kappa shape index (κ3) is 7.49. The normalized spacial score (nSPS) is 11.5. The van der Waals surface area contributed by atoms with Gasteiger partial charge in [0.2, 0.25) is 0 Å². The SMILES string of the molecule is Cc1cccc(CN(Cc2ccccc2)C(=O)C(=O)Nc2cnc(N)c3cnn(COCC[Si](C)(C)C)c23)n1. The first-order valence-electron chi connectivity index (χ1n) is 12.9. The number of hydrogen-bond donors (Lipinski definition) is 2. The highest BCUT2D eigenvalue weighted by molar-refractivity contribution is 6.76. The smallest absolute Gasteiger partial charge is 0.314 e. The molecule has 0 unspecified atom stereocenters. The molecule has 0 aliphatic rings. The van der Waals surface area contributed by atoms with Crippen LogP contribution in [0.3, 0.4) is 0 Å². The monoisotopic (exact) mass is 545 g/mol. The molecule has 4 rings (SSSR count). The Kier molecular flexibility index (Phi) is 8.72. The van der Waals surface area contributed by atoms with Gasteiger partial charge < -0.3 is 20.7 Å². The van der Waals surface area contributed by atoms with Crippen molar-refractivity contribution in [3.8, 4) is 0 Å². The fourth-order valence-electron chi connectivity index (χ4n) is 4.05. The molecule has 0 saturated carbocycles. The summed E-state index contributed by atoms with van der Waals surface area (Å²) >= 11 is 0. The molecule has 0 aliphatic heterocycles. The fraction of sp³-hybridized carbons (Fsp3) is 0.321. The molecule has 0 bridgehead atoms. The van der Waals surface area contributed by atoms with Gasteiger partial charge >= 0.3 is 11.8 Å². The van der Waals surface area contributed by atoms with E-state index in [1.165, 1.54) is 11.1 Å². The van der Waals surface area contributed by atoms with E-state index in [0.29, 0.717) is 28.9 Å². The summed E-state index contributed by atoms with van der Waals surface area (Å²) in [6.07, 6.45) is 3.02. The number of nitrogens with one attached hydrogen (secondary N) is 1. The number of pyridine rings is 2. The standard InChI is InChI=1S/C28H35N7O3Si/c1-20-9-8-12-22(32-20)18-34(17-21-10-6-5-7-11-21)28(37)27(36)33-24-16-30-26(29)23-15-31-35(25(23)24)19-38-13-14-39(2,3)4/h5-12,15-16H,13-14,17-19H2,1-4H3,(H2,29,30)(H,33,36). The first kappa shape index (κ1) is 27.9. The first-order chi connectivity index (χ1) is 18.6. The van der Waals surface area contributed by atoms with Crippen LogP contribution in [-0.2, 0) is 34.1 Å². The summed E-state index contributed by atoms with van der Waals surface area (Å²) in [6, 6.07) is 16.1. The van der Waals surface area contributed by atoms with Crippen molar-refractivity contribution < 1.29 is 14.3 Å². The lowest BCUT2D eigenvalue weighted by molar-refractivity contribution is -0.144. The molecule has 39 heavy (non-hydrogen) atoms. The summed E-state index contributed by atoms with van der Waals surface area (Å²) in [5.41, 5.74) is 9.38. The average molecular weight is 546 g/mol. The highest BCUT2D eigenvalue weighted by atomic mass is 28.3. The number of rotatable bonds is 10. The van der Waals surface area contributed by atoms with E-state index in [2.05, 4.69) is 40.0 Å². The average Bonchev–Trinajstić information content (AvgIpc) is 3.33. The molecular formula is C28H35N7O3Si. The lowest BCUT2D eigenvalue weighted by atomic mass is 10.2. The van der Waals surface area contributed by atoms with E-state index in [4.69, 9.17) is 10.5 Å². The van der Waals surface area contributed by atoms with E-state index in [0.717, 1.165) is 17.3 Å². The molecule has 1 aromatic carbocycles. The van der Waals surface area contributed by atoms with E-state index in [1.807, 2.05) is 55.5 Å². The summed E-state index contributed by atoms with van der Waals surface area (Å²) in [5, 5.41) is 7.69. The highest BCUT2D eigenvalue weighted by Gasteiger charge is 2.25. The number of hydrogen-bond acceptors (Lipinski definition) is 7. The van der Waals surface area contributed by atoms with E-state index in [1.54, 1.807) is 10.9 Å². The molecule has 0 radical (unpaired) electrons. The predicted molar refractivity (Wildman–Crippen MR) is 154 cm³/mol. The summed E-state index contributed by atoms with van der Waals surface area (Å²) in [5.74, 6) is -1.21. The molecule has 4 aromatic rings. The number of nitrogens with two attached hydrogens (primary N) is 1. The molecule has 10 nitrogen and oxygen atoms in total. The molecule has 3 heterocycles. The van der Waals surface area contributed by atoms with Gasteiger partial charge in [-0.05, 0) is 30.7 Å². The summed E-state index contributed by atoms with van der Waals surface area (Å²) in [7, 11) is -1.25. The van der Waals surface area contributed by atoms with E-state index < -0.39 is 19.9 Å². The highest BCUT2D eigenvalue weighted by Crippen LogP contribution is 2.27. The quantitative estimate of drug-likeness (QED) is 0.174. The zero-order valence-corrected chi connectivity index (χ0v) is 23.8. The molecule has 204 valence electrons. The number of amides is 2. The zero-order valence-electron chi connectivity index (χ0n) is 22.8. The van der Waals surface area contributed by atoms with Gasteiger partial charge in [0.15, 0.2) is 0 Å². The van der Waals surface area contributed by atoms with E-state index in [-0.39, 0.29) is 25.6 Å². The second kappa shape index (κ2) is 12.2. The van der Waals surface area contributed by atoms with Crippen molar-refractivity contribution in [1.82, 2.24) is 24.6 Å². The molecule has 2 amide bonds. The van der Waals surface area contributed by atoms with Gasteiger partial charge in [0, 0.05) is 26.9 Å². The molecule has 0 spiro atoms. The number of fused-ring (bicyclic) bond motifs is 1. The molecule has 3 aromatic heterocycles. The number of benzene rings is 1. The Morgan fingerprint density at radius 2 is 1.82 bits per heavy atom. The van der Waals surface area contributed by atoms with Crippen LogP contribution in [-0.4, -0.2) is 51.1 Å². The van der Waals surface area contributed by atoms with Crippen LogP contribution in [0.5, 0.6) is 0 Å². The van der Waals surface area contributed by atoms with Crippen molar-refractivity contribution in [2.75, 3.05) is 17.7 Å². The van der Waals surface area contributed by atoms with Gasteiger partial charge in [0.25, 0.3) is 0 Å². The number of nitrogens with zero attached hydrogens (tertiary/aromatic N) is 5. The minimum absolute atomic E-state index is 0.182. The van der Waals surface area contributed by atoms with Crippen LogP contribution < -0.4 is 11.1 Å². The zero-order chi connectivity index (χ0) is 28.0. The van der Waals surface area contributed by atoms with Crippen LogP contribution in [0.15, 0.2) is 60.9 Å². The van der Waals surface area contributed by atoms with Gasteiger partial charge in [-0.2, -0.15) is 5.10 Å². The van der Waals surface area contributed by atoms with E-state index in [9.17, 15) is 9.59 Å². The third-order valence-electron chi connectivity index (χ3n) is 6.16. The third-order valence-corrected chi connectivity index (χ3v) is 7.86. The molecule has 0 aliphatic carbocycles. The van der Waals surface area contributed by atoms with Crippen molar-refractivity contribution >= 4 is 42.3 Å². The fourth-order valence-corrected chi connectivity index (χ4v) is 4.80. The van der Waals surface area contributed by atoms with Crippen LogP contribution >= 0.6 is 0 Å². The van der Waals surface area contributed by atoms with Gasteiger partial charge in [-0.1, -0.05) is 56.0 Å². The lowest BCUT2D eigenvalue weighted by Gasteiger charge is -2.22. The van der Waals surface area contributed by atoms with Crippen molar-refractivity contribution in [2.45, 2.75) is 52.4 Å². The lowest BCUT2D eigenvalue weighted by Crippen LogP contribution is -2.39. The topological polar surface area (TPSA) is 128 Å². The maximum Gasteiger partial charge on any atom is 0.314 e. The van der Waals surface area contributed by atoms with Crippen molar-refractivity contribution in [3.05, 3.63) is 77.9 Å².